The van der Waals surface area contributed by atoms with Crippen LogP contribution in [0.5, 0.6) is 0 Å². The van der Waals surface area contributed by atoms with E-state index in [1.807, 2.05) is 13.8 Å². The SMILES string of the molecule is CCC(CC)OC(=O)OCC#N. The number of ether oxygens (including phenoxy) is 2. The average Bonchev–Trinajstić information content (AvgIpc) is 2.10. The summed E-state index contributed by atoms with van der Waals surface area (Å²) in [4.78, 5) is 10.7. The van der Waals surface area contributed by atoms with Crippen molar-refractivity contribution in [3.05, 3.63) is 0 Å². The van der Waals surface area contributed by atoms with E-state index in [-0.39, 0.29) is 12.7 Å². The van der Waals surface area contributed by atoms with Crippen molar-refractivity contribution in [3.8, 4) is 6.07 Å². The number of nitriles is 1. The molecule has 0 saturated carbocycles. The van der Waals surface area contributed by atoms with Crippen LogP contribution < -0.4 is 0 Å². The highest BCUT2D eigenvalue weighted by atomic mass is 16.7. The Labute approximate surface area is 72.1 Å². The van der Waals surface area contributed by atoms with E-state index in [1.165, 1.54) is 0 Å². The van der Waals surface area contributed by atoms with E-state index in [4.69, 9.17) is 10.00 Å². The lowest BCUT2D eigenvalue weighted by Crippen LogP contribution is -2.17. The number of carbonyl (C=O) groups is 1. The monoisotopic (exact) mass is 171 g/mol. The minimum absolute atomic E-state index is 0.101. The Morgan fingerprint density at radius 2 is 2.08 bits per heavy atom. The summed E-state index contributed by atoms with van der Waals surface area (Å²) in [5, 5.41) is 8.08. The van der Waals surface area contributed by atoms with E-state index in [2.05, 4.69) is 4.74 Å². The molecule has 0 aromatic rings. The van der Waals surface area contributed by atoms with Crippen LogP contribution in [0, 0.1) is 11.3 Å². The van der Waals surface area contributed by atoms with Crippen LogP contribution in [0.25, 0.3) is 0 Å². The molecule has 0 rings (SSSR count). The second-order valence-corrected chi connectivity index (χ2v) is 2.25. The Balaban J connectivity index is 3.60. The van der Waals surface area contributed by atoms with Crippen molar-refractivity contribution in [2.75, 3.05) is 6.61 Å². The van der Waals surface area contributed by atoms with Crippen molar-refractivity contribution >= 4 is 6.16 Å². The lowest BCUT2D eigenvalue weighted by molar-refractivity contribution is 0.0277. The van der Waals surface area contributed by atoms with Crippen molar-refractivity contribution in [3.63, 3.8) is 0 Å². The molecule has 0 atom stereocenters. The summed E-state index contributed by atoms with van der Waals surface area (Å²) in [5.74, 6) is 0. The Morgan fingerprint density at radius 1 is 1.50 bits per heavy atom. The van der Waals surface area contributed by atoms with Gasteiger partial charge in [-0.2, -0.15) is 5.26 Å². The second kappa shape index (κ2) is 6.47. The van der Waals surface area contributed by atoms with Gasteiger partial charge in [0.25, 0.3) is 0 Å². The molecule has 0 aliphatic carbocycles. The maximum absolute atomic E-state index is 10.7. The topological polar surface area (TPSA) is 59.3 Å². The summed E-state index contributed by atoms with van der Waals surface area (Å²) in [5.41, 5.74) is 0. The summed E-state index contributed by atoms with van der Waals surface area (Å²) in [6.07, 6.45) is 0.664. The van der Waals surface area contributed by atoms with Crippen LogP contribution in [0.2, 0.25) is 0 Å². The highest BCUT2D eigenvalue weighted by Gasteiger charge is 2.10. The van der Waals surface area contributed by atoms with Gasteiger partial charge in [-0.3, -0.25) is 0 Å². The predicted octanol–water partition coefficient (Wildman–Crippen LogP) is 1.85. The van der Waals surface area contributed by atoms with Crippen LogP contribution in [0.1, 0.15) is 26.7 Å². The fourth-order valence-electron chi connectivity index (χ4n) is 0.717. The van der Waals surface area contributed by atoms with E-state index in [1.54, 1.807) is 6.07 Å². The van der Waals surface area contributed by atoms with Gasteiger partial charge in [-0.05, 0) is 12.8 Å². The van der Waals surface area contributed by atoms with Gasteiger partial charge >= 0.3 is 6.16 Å². The molecule has 0 fully saturated rings. The first-order valence-electron chi connectivity index (χ1n) is 3.94. The van der Waals surface area contributed by atoms with E-state index in [0.717, 1.165) is 12.8 Å². The summed E-state index contributed by atoms with van der Waals surface area (Å²) in [6.45, 7) is 3.59. The smallest absolute Gasteiger partial charge is 0.431 e. The molecule has 0 aliphatic heterocycles. The molecular formula is C8H13NO3. The maximum Gasteiger partial charge on any atom is 0.509 e. The highest BCUT2D eigenvalue weighted by Crippen LogP contribution is 2.03. The number of rotatable bonds is 4. The van der Waals surface area contributed by atoms with Crippen molar-refractivity contribution < 1.29 is 14.3 Å². The molecule has 0 heterocycles. The van der Waals surface area contributed by atoms with Crippen molar-refractivity contribution in [1.29, 1.82) is 5.26 Å². The lowest BCUT2D eigenvalue weighted by Gasteiger charge is -2.12. The van der Waals surface area contributed by atoms with E-state index < -0.39 is 6.16 Å². The molecule has 0 N–H and O–H groups in total. The fraction of sp³-hybridized carbons (Fsp3) is 0.750. The molecule has 0 aliphatic rings. The first-order valence-corrected chi connectivity index (χ1v) is 3.94. The first-order chi connectivity index (χ1) is 5.74. The Hall–Kier alpha value is -1.24. The van der Waals surface area contributed by atoms with Gasteiger partial charge in [0.2, 0.25) is 0 Å². The molecule has 0 radical (unpaired) electrons. The Kier molecular flexibility index (Phi) is 5.80. The minimum atomic E-state index is -0.759. The normalized spacial score (nSPS) is 9.17. The predicted molar refractivity (Wildman–Crippen MR) is 42.4 cm³/mol. The van der Waals surface area contributed by atoms with Crippen molar-refractivity contribution in [2.45, 2.75) is 32.8 Å². The number of carbonyl (C=O) groups excluding carboxylic acids is 1. The highest BCUT2D eigenvalue weighted by molar-refractivity contribution is 5.60. The summed E-state index contributed by atoms with van der Waals surface area (Å²) in [6, 6.07) is 1.68. The van der Waals surface area contributed by atoms with Gasteiger partial charge in [0.1, 0.15) is 12.2 Å². The van der Waals surface area contributed by atoms with Gasteiger partial charge in [0.05, 0.1) is 0 Å². The van der Waals surface area contributed by atoms with E-state index >= 15 is 0 Å². The standard InChI is InChI=1S/C8H13NO3/c1-3-7(4-2)12-8(10)11-6-5-9/h7H,3-4,6H2,1-2H3. The second-order valence-electron chi connectivity index (χ2n) is 2.25. The zero-order chi connectivity index (χ0) is 9.40. The third kappa shape index (κ3) is 4.56. The molecule has 0 aromatic carbocycles. The van der Waals surface area contributed by atoms with Crippen molar-refractivity contribution in [2.24, 2.45) is 0 Å². The molecule has 0 amide bonds. The molecular weight excluding hydrogens is 158 g/mol. The molecule has 4 nitrogen and oxygen atoms in total. The van der Waals surface area contributed by atoms with Gasteiger partial charge in [0, 0.05) is 0 Å². The van der Waals surface area contributed by atoms with Crippen LogP contribution in [-0.4, -0.2) is 18.9 Å². The van der Waals surface area contributed by atoms with Gasteiger partial charge in [0.15, 0.2) is 6.61 Å². The molecule has 0 unspecified atom stereocenters. The number of nitrogens with zero attached hydrogens (tertiary/aromatic N) is 1. The number of hydrogen-bond acceptors (Lipinski definition) is 4. The largest absolute Gasteiger partial charge is 0.509 e. The Morgan fingerprint density at radius 3 is 2.50 bits per heavy atom. The third-order valence-corrected chi connectivity index (χ3v) is 1.43. The fourth-order valence-corrected chi connectivity index (χ4v) is 0.717. The molecule has 0 spiro atoms. The maximum atomic E-state index is 10.7. The Bertz CT molecular complexity index is 170. The number of hydrogen-bond donors (Lipinski definition) is 0. The average molecular weight is 171 g/mol. The van der Waals surface area contributed by atoms with Gasteiger partial charge in [-0.15, -0.1) is 0 Å². The third-order valence-electron chi connectivity index (χ3n) is 1.43. The molecule has 12 heavy (non-hydrogen) atoms. The molecule has 0 aromatic heterocycles. The zero-order valence-electron chi connectivity index (χ0n) is 7.37. The molecule has 4 heteroatoms. The first kappa shape index (κ1) is 10.8. The molecule has 0 bridgehead atoms. The van der Waals surface area contributed by atoms with Crippen LogP contribution in [0.3, 0.4) is 0 Å². The van der Waals surface area contributed by atoms with Gasteiger partial charge in [-0.1, -0.05) is 13.8 Å². The molecule has 68 valence electrons. The van der Waals surface area contributed by atoms with Crippen LogP contribution >= 0.6 is 0 Å². The molecule has 0 saturated heterocycles. The minimum Gasteiger partial charge on any atom is -0.431 e. The summed E-state index contributed by atoms with van der Waals surface area (Å²) < 4.78 is 9.24. The van der Waals surface area contributed by atoms with Crippen LogP contribution in [0.15, 0.2) is 0 Å². The zero-order valence-corrected chi connectivity index (χ0v) is 7.37. The van der Waals surface area contributed by atoms with Crippen LogP contribution in [0.4, 0.5) is 4.79 Å². The van der Waals surface area contributed by atoms with Crippen LogP contribution in [-0.2, 0) is 9.47 Å². The van der Waals surface area contributed by atoms with E-state index in [0.29, 0.717) is 0 Å². The van der Waals surface area contributed by atoms with E-state index in [9.17, 15) is 4.79 Å². The van der Waals surface area contributed by atoms with Gasteiger partial charge in [-0.25, -0.2) is 4.79 Å². The summed E-state index contributed by atoms with van der Waals surface area (Å²) >= 11 is 0. The lowest BCUT2D eigenvalue weighted by atomic mass is 10.2. The van der Waals surface area contributed by atoms with Crippen molar-refractivity contribution in [1.82, 2.24) is 0 Å². The van der Waals surface area contributed by atoms with Gasteiger partial charge < -0.3 is 9.47 Å². The summed E-state index contributed by atoms with van der Waals surface area (Å²) in [7, 11) is 0. The quantitative estimate of drug-likeness (QED) is 0.605.